The summed E-state index contributed by atoms with van der Waals surface area (Å²) in [5, 5.41) is 0. The quantitative estimate of drug-likeness (QED) is 0.352. The lowest BCUT2D eigenvalue weighted by Gasteiger charge is -2.19. The molecule has 0 bridgehead atoms. The fraction of sp³-hybridized carbons (Fsp3) is 0.259. The third-order valence-electron chi connectivity index (χ3n) is 5.69. The highest BCUT2D eigenvalue weighted by Crippen LogP contribution is 2.44. The van der Waals surface area contributed by atoms with Crippen LogP contribution in [0.2, 0.25) is 0 Å². The van der Waals surface area contributed by atoms with Crippen molar-refractivity contribution < 1.29 is 23.8 Å². The number of nitrogens with zero attached hydrogens (tertiary/aromatic N) is 1. The molecule has 0 aromatic heterocycles. The summed E-state index contributed by atoms with van der Waals surface area (Å²) in [7, 11) is 1.68. The van der Waals surface area contributed by atoms with Gasteiger partial charge in [0.2, 0.25) is 0 Å². The van der Waals surface area contributed by atoms with Crippen LogP contribution < -0.4 is 0 Å². The van der Waals surface area contributed by atoms with E-state index in [1.54, 1.807) is 31.3 Å². The molecule has 0 fully saturated rings. The van der Waals surface area contributed by atoms with Crippen molar-refractivity contribution in [3.8, 4) is 11.1 Å². The first-order chi connectivity index (χ1) is 16.1. The van der Waals surface area contributed by atoms with Gasteiger partial charge in [-0.2, -0.15) is 0 Å². The molecule has 3 aromatic carbocycles. The number of amides is 1. The van der Waals surface area contributed by atoms with Crippen LogP contribution in [-0.2, 0) is 14.2 Å². The number of benzene rings is 3. The summed E-state index contributed by atoms with van der Waals surface area (Å²) in [6, 6.07) is 25.3. The number of likely N-dealkylation sites (N-methyl/N-ethyl adjacent to an activating group) is 1. The lowest BCUT2D eigenvalue weighted by atomic mass is 9.98. The third-order valence-corrected chi connectivity index (χ3v) is 5.69. The maximum atomic E-state index is 12.5. The molecule has 0 spiro atoms. The number of rotatable bonds is 9. The number of hydrogen-bond donors (Lipinski definition) is 0. The van der Waals surface area contributed by atoms with Crippen molar-refractivity contribution in [2.75, 3.05) is 40.0 Å². The van der Waals surface area contributed by atoms with Gasteiger partial charge in [0.05, 0.1) is 18.8 Å². The molecule has 1 aliphatic rings. The summed E-state index contributed by atoms with van der Waals surface area (Å²) in [6.45, 7) is 1.40. The van der Waals surface area contributed by atoms with E-state index in [0.29, 0.717) is 18.7 Å². The van der Waals surface area contributed by atoms with E-state index in [9.17, 15) is 9.59 Å². The Bertz CT molecular complexity index is 1050. The van der Waals surface area contributed by atoms with Crippen LogP contribution in [0.4, 0.5) is 4.79 Å². The first-order valence-corrected chi connectivity index (χ1v) is 11.0. The van der Waals surface area contributed by atoms with Crippen LogP contribution in [0.25, 0.3) is 11.1 Å². The summed E-state index contributed by atoms with van der Waals surface area (Å²) < 4.78 is 16.3. The van der Waals surface area contributed by atoms with Gasteiger partial charge >= 0.3 is 12.1 Å². The van der Waals surface area contributed by atoms with Crippen LogP contribution >= 0.6 is 0 Å². The number of carbonyl (C=O) groups is 2. The van der Waals surface area contributed by atoms with Gasteiger partial charge in [-0.15, -0.1) is 0 Å². The number of ether oxygens (including phenoxy) is 3. The van der Waals surface area contributed by atoms with Gasteiger partial charge in [-0.1, -0.05) is 66.7 Å². The first-order valence-electron chi connectivity index (χ1n) is 11.0. The van der Waals surface area contributed by atoms with Crippen molar-refractivity contribution in [3.05, 3.63) is 95.6 Å². The van der Waals surface area contributed by atoms with Crippen molar-refractivity contribution >= 4 is 12.1 Å². The molecular formula is C27H27NO5. The Kier molecular flexibility index (Phi) is 7.37. The van der Waals surface area contributed by atoms with Gasteiger partial charge in [-0.3, -0.25) is 0 Å². The minimum atomic E-state index is -0.393. The van der Waals surface area contributed by atoms with E-state index in [0.717, 1.165) is 0 Å². The van der Waals surface area contributed by atoms with Crippen LogP contribution in [0.5, 0.6) is 0 Å². The highest BCUT2D eigenvalue weighted by atomic mass is 16.6. The molecule has 0 N–H and O–H groups in total. The topological polar surface area (TPSA) is 65.1 Å². The molecule has 0 unspecified atom stereocenters. The summed E-state index contributed by atoms with van der Waals surface area (Å²) in [6.07, 6.45) is -0.393. The van der Waals surface area contributed by atoms with Crippen molar-refractivity contribution in [1.82, 2.24) is 4.90 Å². The smallest absolute Gasteiger partial charge is 0.409 e. The number of fused-ring (bicyclic) bond motifs is 3. The lowest BCUT2D eigenvalue weighted by molar-refractivity contribution is 0.0286. The van der Waals surface area contributed by atoms with E-state index < -0.39 is 6.09 Å². The van der Waals surface area contributed by atoms with Crippen molar-refractivity contribution in [2.24, 2.45) is 0 Å². The molecule has 0 saturated heterocycles. The minimum Gasteiger partial charge on any atom is -0.460 e. The fourth-order valence-electron chi connectivity index (χ4n) is 3.95. The van der Waals surface area contributed by atoms with Crippen LogP contribution in [0.1, 0.15) is 27.4 Å². The maximum absolute atomic E-state index is 12.5. The predicted molar refractivity (Wildman–Crippen MR) is 125 cm³/mol. The number of esters is 1. The van der Waals surface area contributed by atoms with Crippen LogP contribution in [0, 0.1) is 0 Å². The van der Waals surface area contributed by atoms with Crippen molar-refractivity contribution in [1.29, 1.82) is 0 Å². The molecular weight excluding hydrogens is 418 g/mol. The molecule has 3 aromatic rings. The average Bonchev–Trinajstić information content (AvgIpc) is 3.18. The SMILES string of the molecule is CN(CCOCCOC(=O)c1ccccc1)C(=O)OCC1c2ccccc2-c2ccccc21. The molecule has 33 heavy (non-hydrogen) atoms. The van der Waals surface area contributed by atoms with Gasteiger partial charge in [-0.25, -0.2) is 9.59 Å². The second kappa shape index (κ2) is 10.8. The van der Waals surface area contributed by atoms with E-state index in [-0.39, 0.29) is 31.7 Å². The molecule has 6 heteroatoms. The van der Waals surface area contributed by atoms with E-state index in [1.807, 2.05) is 30.3 Å². The molecule has 0 saturated carbocycles. The molecule has 1 aliphatic carbocycles. The third kappa shape index (κ3) is 5.41. The standard InChI is InChI=1S/C27H27NO5/c1-28(15-16-31-17-18-32-26(29)20-9-3-2-4-10-20)27(30)33-19-25-23-13-7-5-11-21(23)22-12-6-8-14-24(22)25/h2-14,25H,15-19H2,1H3. The number of carbonyl (C=O) groups excluding carboxylic acids is 2. The number of hydrogen-bond acceptors (Lipinski definition) is 5. The summed E-state index contributed by atoms with van der Waals surface area (Å²) >= 11 is 0. The van der Waals surface area contributed by atoms with Gasteiger partial charge in [0.25, 0.3) is 0 Å². The van der Waals surface area contributed by atoms with Crippen molar-refractivity contribution in [3.63, 3.8) is 0 Å². The fourth-order valence-corrected chi connectivity index (χ4v) is 3.95. The van der Waals surface area contributed by atoms with Crippen molar-refractivity contribution in [2.45, 2.75) is 5.92 Å². The minimum absolute atomic E-state index is 0.0327. The van der Waals surface area contributed by atoms with Crippen LogP contribution in [0.3, 0.4) is 0 Å². The normalized spacial score (nSPS) is 12.0. The van der Waals surface area contributed by atoms with Crippen LogP contribution in [-0.4, -0.2) is 57.0 Å². The first kappa shape index (κ1) is 22.6. The Morgan fingerprint density at radius 3 is 2.03 bits per heavy atom. The summed E-state index contributed by atoms with van der Waals surface area (Å²) in [5.74, 6) is -0.347. The zero-order chi connectivity index (χ0) is 23.0. The summed E-state index contributed by atoms with van der Waals surface area (Å²) in [4.78, 5) is 25.8. The Balaban J connectivity index is 1.17. The largest absolute Gasteiger partial charge is 0.460 e. The van der Waals surface area contributed by atoms with Gasteiger partial charge < -0.3 is 19.1 Å². The molecule has 1 amide bonds. The zero-order valence-corrected chi connectivity index (χ0v) is 18.6. The van der Waals surface area contributed by atoms with E-state index in [2.05, 4.69) is 24.3 Å². The highest BCUT2D eigenvalue weighted by Gasteiger charge is 2.29. The summed E-state index contributed by atoms with van der Waals surface area (Å²) in [5.41, 5.74) is 5.27. The Labute approximate surface area is 193 Å². The van der Waals surface area contributed by atoms with Gasteiger partial charge in [0, 0.05) is 19.5 Å². The molecule has 0 heterocycles. The molecule has 0 aliphatic heterocycles. The van der Waals surface area contributed by atoms with Crippen LogP contribution in [0.15, 0.2) is 78.9 Å². The van der Waals surface area contributed by atoms with E-state index >= 15 is 0 Å². The zero-order valence-electron chi connectivity index (χ0n) is 18.6. The second-order valence-corrected chi connectivity index (χ2v) is 7.84. The maximum Gasteiger partial charge on any atom is 0.409 e. The second-order valence-electron chi connectivity index (χ2n) is 7.84. The van der Waals surface area contributed by atoms with E-state index in [4.69, 9.17) is 14.2 Å². The molecule has 6 nitrogen and oxygen atoms in total. The monoisotopic (exact) mass is 445 g/mol. The Morgan fingerprint density at radius 2 is 1.36 bits per heavy atom. The average molecular weight is 446 g/mol. The van der Waals surface area contributed by atoms with Gasteiger partial charge in [-0.05, 0) is 34.4 Å². The van der Waals surface area contributed by atoms with Gasteiger partial charge in [0.1, 0.15) is 13.2 Å². The Morgan fingerprint density at radius 1 is 0.758 bits per heavy atom. The highest BCUT2D eigenvalue weighted by molar-refractivity contribution is 5.89. The Hall–Kier alpha value is -3.64. The molecule has 0 radical (unpaired) electrons. The predicted octanol–water partition coefficient (Wildman–Crippen LogP) is 4.74. The molecule has 170 valence electrons. The lowest BCUT2D eigenvalue weighted by Crippen LogP contribution is -2.32. The molecule has 0 atom stereocenters. The van der Waals surface area contributed by atoms with Gasteiger partial charge in [0.15, 0.2) is 0 Å². The van der Waals surface area contributed by atoms with E-state index in [1.165, 1.54) is 27.2 Å². The molecule has 4 rings (SSSR count).